The number of carbonyl (C=O) groups excluding carboxylic acids is 1. The van der Waals surface area contributed by atoms with E-state index < -0.39 is 204 Å². The fourth-order valence-electron chi connectivity index (χ4n) is 16.4. The average Bonchev–Trinajstić information content (AvgIpc) is 1.46. The first-order valence-corrected chi connectivity index (χ1v) is 30.0. The lowest BCUT2D eigenvalue weighted by atomic mass is 9.40. The molecule has 3 saturated carbocycles. The van der Waals surface area contributed by atoms with Crippen molar-refractivity contribution in [1.82, 2.24) is 0 Å². The van der Waals surface area contributed by atoms with Gasteiger partial charge in [0.25, 0.3) is 0 Å². The maximum atomic E-state index is 14.5. The van der Waals surface area contributed by atoms with Crippen LogP contribution in [0.5, 0.6) is 0 Å². The van der Waals surface area contributed by atoms with Crippen molar-refractivity contribution in [2.24, 2.45) is 39.4 Å². The van der Waals surface area contributed by atoms with Gasteiger partial charge in [-0.2, -0.15) is 8.42 Å². The van der Waals surface area contributed by atoms with Gasteiger partial charge in [-0.25, -0.2) is 4.18 Å². The van der Waals surface area contributed by atoms with Crippen molar-refractivity contribution in [3.05, 3.63) is 11.6 Å². The third-order valence-corrected chi connectivity index (χ3v) is 21.4. The lowest BCUT2D eigenvalue weighted by Crippen LogP contribution is -2.69. The molecule has 9 rings (SSSR count). The zero-order valence-corrected chi connectivity index (χ0v) is 48.5. The molecule has 28 heteroatoms. The van der Waals surface area contributed by atoms with E-state index in [0.29, 0.717) is 38.5 Å². The Hall–Kier alpha value is -1.76. The molecule has 1 spiro atoms. The predicted molar refractivity (Wildman–Crippen MR) is 275 cm³/mol. The first-order chi connectivity index (χ1) is 38.2. The topological polar surface area (TPSA) is 416 Å². The van der Waals surface area contributed by atoms with E-state index in [2.05, 4.69) is 6.92 Å². The number of carbonyl (C=O) groups is 1. The van der Waals surface area contributed by atoms with E-state index in [4.69, 9.17) is 51.6 Å². The molecule has 82 heavy (non-hydrogen) atoms. The molecule has 0 radical (unpaired) electrons. The van der Waals surface area contributed by atoms with Crippen molar-refractivity contribution >= 4 is 16.4 Å². The molecule has 5 saturated heterocycles. The number of methoxy groups -OCH3 is 1. The number of hydrogen-bond donors (Lipinski definition) is 13. The van der Waals surface area contributed by atoms with E-state index in [0.717, 1.165) is 5.57 Å². The van der Waals surface area contributed by atoms with Gasteiger partial charge in [-0.15, -0.1) is 0 Å². The molecule has 0 bridgehead atoms. The van der Waals surface area contributed by atoms with Gasteiger partial charge >= 0.3 is 16.4 Å². The zero-order valence-electron chi connectivity index (χ0n) is 47.7. The van der Waals surface area contributed by atoms with E-state index >= 15 is 0 Å². The maximum absolute atomic E-state index is 14.5. The Morgan fingerprint density at radius 2 is 1.28 bits per heavy atom. The molecule has 29 atom stereocenters. The number of aliphatic hydroxyl groups is 12. The molecule has 0 amide bonds. The number of fused-ring (bicyclic) bond motifs is 4. The Morgan fingerprint density at radius 3 is 1.88 bits per heavy atom. The minimum atomic E-state index is -5.20. The highest BCUT2D eigenvalue weighted by atomic mass is 32.3. The molecule has 9 aliphatic rings. The summed E-state index contributed by atoms with van der Waals surface area (Å²) in [7, 11) is -4.02. The maximum Gasteiger partial charge on any atom is 0.397 e. The Kier molecular flexibility index (Phi) is 18.4. The number of ether oxygens (including phenoxy) is 10. The summed E-state index contributed by atoms with van der Waals surface area (Å²) in [5.41, 5.74) is -6.66. The summed E-state index contributed by atoms with van der Waals surface area (Å²) in [4.78, 5) is 14.5. The minimum absolute atomic E-state index is 0.123. The van der Waals surface area contributed by atoms with Crippen molar-refractivity contribution < 1.29 is 131 Å². The number of rotatable bonds is 17. The van der Waals surface area contributed by atoms with Crippen LogP contribution in [0.4, 0.5) is 0 Å². The normalized spacial score (nSPS) is 51.6. The first kappa shape index (κ1) is 64.7. The molecule has 472 valence electrons. The lowest BCUT2D eigenvalue weighted by Gasteiger charge is -2.64. The van der Waals surface area contributed by atoms with Crippen molar-refractivity contribution in [1.29, 1.82) is 0 Å². The minimum Gasteiger partial charge on any atom is -0.453 e. The van der Waals surface area contributed by atoms with E-state index in [1.807, 2.05) is 34.6 Å². The van der Waals surface area contributed by atoms with Gasteiger partial charge in [0.15, 0.2) is 30.8 Å². The second-order valence-electron chi connectivity index (χ2n) is 26.1. The number of hydrogen-bond acceptors (Lipinski definition) is 26. The molecule has 0 aromatic carbocycles. The molecule has 5 heterocycles. The second-order valence-corrected chi connectivity index (χ2v) is 27.1. The van der Waals surface area contributed by atoms with Gasteiger partial charge in [0.2, 0.25) is 0 Å². The van der Waals surface area contributed by atoms with Crippen molar-refractivity contribution in [2.45, 2.75) is 253 Å². The third kappa shape index (κ3) is 10.3. The van der Waals surface area contributed by atoms with Gasteiger partial charge in [-0.1, -0.05) is 53.2 Å². The molecular formula is C54H88O27S. The lowest BCUT2D eigenvalue weighted by molar-refractivity contribution is -0.389. The summed E-state index contributed by atoms with van der Waals surface area (Å²) >= 11 is 0. The largest absolute Gasteiger partial charge is 0.453 e. The monoisotopic (exact) mass is 1200 g/mol. The highest BCUT2D eigenvalue weighted by Gasteiger charge is 2.86. The molecule has 8 fully saturated rings. The standard InChI is InChI=1S/C54H88O27S/c1-22(2)10-13-30(57)52(8)53(67)17-16-51(7)24-11-12-29-49(4,5)32(14-15-50(29,6)25(24)18-31(58)54(51,53)48(66)80-52)76-47-43(35(61)28(21-72-47)81-82(68,69)70)79-44-37(63)36(62)40(23(3)73-44)77-46-39(65)42(34(60)27(20-56)75-46)78-45-38(64)41(71-9)33(59)26(19-55)74-45/h18,22-24,26-47,55-65,67H,10-17,19-21H2,1-9H3,(H,68,69,70). The van der Waals surface area contributed by atoms with Crippen molar-refractivity contribution in [2.75, 3.05) is 26.9 Å². The average molecular weight is 1200 g/mol. The molecule has 27 nitrogen and oxygen atoms in total. The molecule has 13 N–H and O–H groups in total. The van der Waals surface area contributed by atoms with Crippen LogP contribution in [-0.2, 0) is 66.7 Å². The molecule has 4 aliphatic carbocycles. The molecule has 0 aromatic rings. The quantitative estimate of drug-likeness (QED) is 0.0312. The number of esters is 1. The Labute approximate surface area is 476 Å². The fourth-order valence-corrected chi connectivity index (χ4v) is 16.9. The molecule has 0 aromatic heterocycles. The summed E-state index contributed by atoms with van der Waals surface area (Å²) in [5.74, 6) is -0.905. The molecular weight excluding hydrogens is 1110 g/mol. The van der Waals surface area contributed by atoms with Gasteiger partial charge in [0, 0.05) is 7.11 Å². The summed E-state index contributed by atoms with van der Waals surface area (Å²) in [6.07, 6.45) is -30.6. The van der Waals surface area contributed by atoms with Gasteiger partial charge in [-0.05, 0) is 99.2 Å². The van der Waals surface area contributed by atoms with Crippen LogP contribution in [-0.4, -0.2) is 253 Å². The van der Waals surface area contributed by atoms with Crippen LogP contribution in [0.25, 0.3) is 0 Å². The molecule has 5 aliphatic heterocycles. The van der Waals surface area contributed by atoms with Crippen molar-refractivity contribution in [3.8, 4) is 0 Å². The zero-order chi connectivity index (χ0) is 60.4. The highest BCUT2D eigenvalue weighted by Crippen LogP contribution is 2.77. The number of cyclic esters (lactones) is 1. The predicted octanol–water partition coefficient (Wildman–Crippen LogP) is -2.42. The van der Waals surface area contributed by atoms with E-state index in [1.54, 1.807) is 13.0 Å². The van der Waals surface area contributed by atoms with Gasteiger partial charge in [-0.3, -0.25) is 9.35 Å². The summed E-state index contributed by atoms with van der Waals surface area (Å²) in [5, 5.41) is 136. The summed E-state index contributed by atoms with van der Waals surface area (Å²) in [6, 6.07) is 0. The van der Waals surface area contributed by atoms with Gasteiger partial charge in [0.1, 0.15) is 96.5 Å². The molecule has 29 unspecified atom stereocenters. The van der Waals surface area contributed by atoms with Crippen molar-refractivity contribution in [3.63, 3.8) is 0 Å². The highest BCUT2D eigenvalue weighted by molar-refractivity contribution is 7.80. The fraction of sp³-hybridized carbons (Fsp3) is 0.944. The van der Waals surface area contributed by atoms with E-state index in [9.17, 15) is 79.0 Å². The Bertz CT molecular complexity index is 2420. The van der Waals surface area contributed by atoms with Crippen LogP contribution in [0.1, 0.15) is 107 Å². The van der Waals surface area contributed by atoms with Crippen LogP contribution in [0, 0.1) is 39.4 Å². The van der Waals surface area contributed by atoms with E-state index in [-0.39, 0.29) is 30.6 Å². The first-order valence-electron chi connectivity index (χ1n) is 28.6. The van der Waals surface area contributed by atoms with Gasteiger partial charge < -0.3 is 109 Å². The van der Waals surface area contributed by atoms with Crippen LogP contribution in [0.15, 0.2) is 11.6 Å². The second kappa shape index (κ2) is 23.3. The third-order valence-electron chi connectivity index (χ3n) is 20.9. The number of allylic oxidation sites excluding steroid dienone is 1. The smallest absolute Gasteiger partial charge is 0.397 e. The summed E-state index contributed by atoms with van der Waals surface area (Å²) < 4.78 is 97.7. The van der Waals surface area contributed by atoms with Crippen LogP contribution in [0.3, 0.4) is 0 Å². The van der Waals surface area contributed by atoms with E-state index in [1.165, 1.54) is 14.0 Å². The Morgan fingerprint density at radius 1 is 0.695 bits per heavy atom. The van der Waals surface area contributed by atoms with Crippen LogP contribution in [0.2, 0.25) is 0 Å². The van der Waals surface area contributed by atoms with Gasteiger partial charge in [0.05, 0.1) is 44.2 Å². The Balaban J connectivity index is 0.915. The summed E-state index contributed by atoms with van der Waals surface area (Å²) in [6.45, 7) is 12.8. The van der Waals surface area contributed by atoms with Crippen LogP contribution < -0.4 is 0 Å². The van der Waals surface area contributed by atoms with Crippen LogP contribution >= 0.6 is 0 Å². The SMILES string of the molecule is COC1C(O)C(CO)OC(OC2C(O)C(CO)OC(OC3C(C)OC(OC4C(OC5CCC6(C)C7=CC(O)C89C(=O)OC(C)(C(O)CCC(C)C)C8(O)CCC9(C)C7CCC6C5(C)C)OCC(OS(=O)(=O)O)C4O)C(O)C3O)C2O)C1O. The number of aliphatic hydroxyl groups excluding tert-OH is 11.